The molecule has 0 amide bonds. The van der Waals surface area contributed by atoms with Gasteiger partial charge in [0.05, 0.1) is 26.9 Å². The summed E-state index contributed by atoms with van der Waals surface area (Å²) in [6.45, 7) is 3.06. The first kappa shape index (κ1) is 22.4. The fraction of sp³-hybridized carbons (Fsp3) is 0.375. The monoisotopic (exact) mass is 453 g/mol. The number of benzene rings is 2. The van der Waals surface area contributed by atoms with Crippen molar-refractivity contribution in [3.05, 3.63) is 53.6 Å². The predicted octanol–water partition coefficient (Wildman–Crippen LogP) is 4.64. The van der Waals surface area contributed by atoms with E-state index < -0.39 is 0 Å². The molecule has 2 heterocycles. The number of thioether (sulfide) groups is 1. The van der Waals surface area contributed by atoms with Gasteiger partial charge in [0.25, 0.3) is 0 Å². The van der Waals surface area contributed by atoms with Crippen molar-refractivity contribution in [1.82, 2.24) is 14.8 Å². The highest BCUT2D eigenvalue weighted by Gasteiger charge is 2.22. The number of methoxy groups -OCH3 is 2. The van der Waals surface area contributed by atoms with Gasteiger partial charge in [-0.05, 0) is 62.2 Å². The Balaban J connectivity index is 1.62. The molecule has 2 aromatic carbocycles. The average Bonchev–Trinajstić information content (AvgIpc) is 3.48. The van der Waals surface area contributed by atoms with Crippen LogP contribution in [0.1, 0.15) is 35.7 Å². The lowest BCUT2D eigenvalue weighted by Gasteiger charge is -2.15. The first-order chi connectivity index (χ1) is 15.6. The largest absolute Gasteiger partial charge is 0.497 e. The van der Waals surface area contributed by atoms with Gasteiger partial charge in [-0.15, -0.1) is 10.2 Å². The van der Waals surface area contributed by atoms with Gasteiger partial charge >= 0.3 is 0 Å². The summed E-state index contributed by atoms with van der Waals surface area (Å²) in [4.78, 5) is 11.8. The minimum absolute atomic E-state index is 0.0299. The van der Waals surface area contributed by atoms with Crippen molar-refractivity contribution >= 4 is 17.5 Å². The molecule has 0 N–H and O–H groups in total. The van der Waals surface area contributed by atoms with Gasteiger partial charge in [0.15, 0.2) is 16.8 Å². The standard InChI is InChI=1S/C24H27N3O4S/c1-16(28)18-8-11-22(30-3)19(13-18)15-32-24-26-25-23(17-6-9-20(29-2)10-7-17)27(24)14-21-5-4-12-31-21/h6-11,13,21H,4-5,12,14-15H2,1-3H3/t21-/m1/s1. The van der Waals surface area contributed by atoms with Crippen molar-refractivity contribution in [3.63, 3.8) is 0 Å². The van der Waals surface area contributed by atoms with Crippen LogP contribution in [-0.2, 0) is 17.0 Å². The van der Waals surface area contributed by atoms with Crippen LogP contribution in [0.4, 0.5) is 0 Å². The number of carbonyl (C=O) groups excluding carboxylic acids is 1. The molecule has 1 fully saturated rings. The third-order valence-corrected chi connectivity index (χ3v) is 6.53. The number of Topliss-reactive ketones (excluding diaryl/α,β-unsaturated/α-hetero) is 1. The number of hydrogen-bond acceptors (Lipinski definition) is 7. The molecule has 1 atom stereocenters. The fourth-order valence-corrected chi connectivity index (χ4v) is 4.68. The van der Waals surface area contributed by atoms with Crippen molar-refractivity contribution in [1.29, 1.82) is 0 Å². The molecule has 0 spiro atoms. The number of nitrogens with zero attached hydrogens (tertiary/aromatic N) is 3. The quantitative estimate of drug-likeness (QED) is 0.345. The van der Waals surface area contributed by atoms with Gasteiger partial charge in [-0.2, -0.15) is 0 Å². The van der Waals surface area contributed by atoms with Gasteiger partial charge in [-0.1, -0.05) is 11.8 Å². The van der Waals surface area contributed by atoms with Gasteiger partial charge in [0.2, 0.25) is 0 Å². The smallest absolute Gasteiger partial charge is 0.191 e. The van der Waals surface area contributed by atoms with Crippen molar-refractivity contribution in [3.8, 4) is 22.9 Å². The Kier molecular flexibility index (Phi) is 7.12. The van der Waals surface area contributed by atoms with Crippen LogP contribution < -0.4 is 9.47 Å². The van der Waals surface area contributed by atoms with E-state index in [2.05, 4.69) is 14.8 Å². The van der Waals surface area contributed by atoms with E-state index >= 15 is 0 Å². The Hall–Kier alpha value is -2.84. The molecular weight excluding hydrogens is 426 g/mol. The molecule has 1 aliphatic heterocycles. The molecule has 0 unspecified atom stereocenters. The van der Waals surface area contributed by atoms with Crippen LogP contribution in [0.3, 0.4) is 0 Å². The van der Waals surface area contributed by atoms with Crippen LogP contribution in [0.5, 0.6) is 11.5 Å². The normalized spacial score (nSPS) is 15.7. The lowest BCUT2D eigenvalue weighted by Crippen LogP contribution is -2.16. The summed E-state index contributed by atoms with van der Waals surface area (Å²) in [6.07, 6.45) is 2.25. The van der Waals surface area contributed by atoms with Crippen molar-refractivity contribution in [2.45, 2.75) is 43.3 Å². The van der Waals surface area contributed by atoms with Crippen LogP contribution in [0.2, 0.25) is 0 Å². The highest BCUT2D eigenvalue weighted by Crippen LogP contribution is 2.32. The van der Waals surface area contributed by atoms with E-state index in [1.54, 1.807) is 39.0 Å². The molecular formula is C24H27N3O4S. The van der Waals surface area contributed by atoms with Crippen LogP contribution >= 0.6 is 11.8 Å². The third kappa shape index (κ3) is 4.97. The van der Waals surface area contributed by atoms with Crippen LogP contribution in [0, 0.1) is 0 Å². The maximum Gasteiger partial charge on any atom is 0.191 e. The molecule has 3 aromatic rings. The summed E-state index contributed by atoms with van der Waals surface area (Å²) in [5.41, 5.74) is 2.59. The van der Waals surface area contributed by atoms with Crippen LogP contribution in [0.15, 0.2) is 47.6 Å². The van der Waals surface area contributed by atoms with E-state index in [4.69, 9.17) is 14.2 Å². The molecule has 168 valence electrons. The molecule has 8 heteroatoms. The van der Waals surface area contributed by atoms with Gasteiger partial charge < -0.3 is 14.2 Å². The zero-order chi connectivity index (χ0) is 22.5. The second-order valence-electron chi connectivity index (χ2n) is 7.65. The van der Waals surface area contributed by atoms with Gasteiger partial charge in [0.1, 0.15) is 11.5 Å². The second kappa shape index (κ2) is 10.2. The van der Waals surface area contributed by atoms with E-state index in [0.717, 1.165) is 53.1 Å². The Morgan fingerprint density at radius 2 is 1.97 bits per heavy atom. The maximum absolute atomic E-state index is 11.8. The molecule has 32 heavy (non-hydrogen) atoms. The number of ether oxygens (including phenoxy) is 3. The summed E-state index contributed by atoms with van der Waals surface area (Å²) in [7, 11) is 3.29. The molecule has 1 aliphatic rings. The summed E-state index contributed by atoms with van der Waals surface area (Å²) in [5, 5.41) is 9.79. The number of ketones is 1. The topological polar surface area (TPSA) is 75.5 Å². The molecule has 0 bridgehead atoms. The molecule has 1 saturated heterocycles. The fourth-order valence-electron chi connectivity index (χ4n) is 3.76. The molecule has 0 saturated carbocycles. The van der Waals surface area contributed by atoms with E-state index in [-0.39, 0.29) is 11.9 Å². The van der Waals surface area contributed by atoms with E-state index in [9.17, 15) is 4.79 Å². The molecule has 7 nitrogen and oxygen atoms in total. The summed E-state index contributed by atoms with van der Waals surface area (Å²) < 4.78 is 18.8. The molecule has 0 aliphatic carbocycles. The Labute approximate surface area is 192 Å². The van der Waals surface area contributed by atoms with E-state index in [1.807, 2.05) is 36.4 Å². The highest BCUT2D eigenvalue weighted by molar-refractivity contribution is 7.98. The lowest BCUT2D eigenvalue weighted by molar-refractivity contribution is 0.0953. The highest BCUT2D eigenvalue weighted by atomic mass is 32.2. The summed E-state index contributed by atoms with van der Waals surface area (Å²) >= 11 is 1.57. The average molecular weight is 454 g/mol. The zero-order valence-electron chi connectivity index (χ0n) is 18.5. The first-order valence-corrected chi connectivity index (χ1v) is 11.6. The van der Waals surface area contributed by atoms with E-state index in [1.165, 1.54) is 0 Å². The molecule has 0 radical (unpaired) electrons. The number of rotatable bonds is 9. The Bertz CT molecular complexity index is 1080. The number of hydrogen-bond donors (Lipinski definition) is 0. The van der Waals surface area contributed by atoms with Gasteiger partial charge in [-0.3, -0.25) is 9.36 Å². The van der Waals surface area contributed by atoms with Crippen LogP contribution in [-0.4, -0.2) is 47.5 Å². The minimum atomic E-state index is 0.0299. The van der Waals surface area contributed by atoms with Gasteiger partial charge in [0, 0.05) is 29.1 Å². The first-order valence-electron chi connectivity index (χ1n) is 10.6. The molecule has 4 rings (SSSR count). The third-order valence-electron chi connectivity index (χ3n) is 5.52. The Morgan fingerprint density at radius 1 is 1.16 bits per heavy atom. The number of carbonyl (C=O) groups is 1. The summed E-state index contributed by atoms with van der Waals surface area (Å²) in [6, 6.07) is 13.3. The van der Waals surface area contributed by atoms with Crippen LogP contribution in [0.25, 0.3) is 11.4 Å². The molecule has 1 aromatic heterocycles. The lowest BCUT2D eigenvalue weighted by atomic mass is 10.1. The Morgan fingerprint density at radius 3 is 2.62 bits per heavy atom. The van der Waals surface area contributed by atoms with Gasteiger partial charge in [-0.25, -0.2) is 0 Å². The summed E-state index contributed by atoms with van der Waals surface area (Å²) in [5.74, 6) is 2.99. The van der Waals surface area contributed by atoms with Crippen molar-refractivity contribution < 1.29 is 19.0 Å². The van der Waals surface area contributed by atoms with Crippen molar-refractivity contribution in [2.75, 3.05) is 20.8 Å². The number of aromatic nitrogens is 3. The maximum atomic E-state index is 11.8. The van der Waals surface area contributed by atoms with E-state index in [0.29, 0.717) is 17.9 Å². The SMILES string of the molecule is COc1ccc(-c2nnc(SCc3cc(C(C)=O)ccc3OC)n2C[C@H]2CCCO2)cc1. The zero-order valence-corrected chi connectivity index (χ0v) is 19.4. The second-order valence-corrected chi connectivity index (χ2v) is 8.59. The van der Waals surface area contributed by atoms with Crippen molar-refractivity contribution in [2.24, 2.45) is 0 Å². The predicted molar refractivity (Wildman–Crippen MR) is 124 cm³/mol. The minimum Gasteiger partial charge on any atom is -0.497 e.